The minimum atomic E-state index is -0.531. The van der Waals surface area contributed by atoms with Crippen LogP contribution in [0.3, 0.4) is 0 Å². The van der Waals surface area contributed by atoms with Gasteiger partial charge in [0.25, 0.3) is 0 Å². The fourth-order valence-electron chi connectivity index (χ4n) is 4.18. The van der Waals surface area contributed by atoms with Crippen molar-refractivity contribution >= 4 is 39.7 Å². The van der Waals surface area contributed by atoms with Gasteiger partial charge in [-0.15, -0.1) is 0 Å². The first-order valence-electron chi connectivity index (χ1n) is 9.42. The van der Waals surface area contributed by atoms with Crippen LogP contribution in [0.25, 0.3) is 10.9 Å². The van der Waals surface area contributed by atoms with E-state index in [4.69, 9.17) is 17.3 Å². The number of benzene rings is 2. The zero-order valence-electron chi connectivity index (χ0n) is 15.8. The zero-order valence-corrected chi connectivity index (χ0v) is 16.6. The van der Waals surface area contributed by atoms with Crippen LogP contribution in [0.4, 0.5) is 21.6 Å². The third kappa shape index (κ3) is 3.17. The van der Waals surface area contributed by atoms with Gasteiger partial charge in [-0.25, -0.2) is 14.4 Å². The van der Waals surface area contributed by atoms with Crippen LogP contribution in [0.15, 0.2) is 36.7 Å². The molecule has 3 aromatic rings. The second-order valence-electron chi connectivity index (χ2n) is 7.91. The summed E-state index contributed by atoms with van der Waals surface area (Å²) in [6, 6.07) is 8.42. The summed E-state index contributed by atoms with van der Waals surface area (Å²) in [5.41, 5.74) is 8.64. The van der Waals surface area contributed by atoms with Crippen LogP contribution < -0.4 is 11.1 Å². The molecule has 1 aliphatic carbocycles. The second-order valence-corrected chi connectivity index (χ2v) is 8.32. The molecule has 2 atom stereocenters. The molecule has 1 aliphatic heterocycles. The molecule has 146 valence electrons. The molecule has 5 nitrogen and oxygen atoms in total. The summed E-state index contributed by atoms with van der Waals surface area (Å²) in [6.07, 6.45) is 2.60. The number of aromatic nitrogens is 2. The van der Waals surface area contributed by atoms with Gasteiger partial charge in [0.2, 0.25) is 0 Å². The standard InChI is InChI=1S/C22H19ClFN5/c1-29-10-14-9-22(14,11-29)6-5-13-7-19-15(8-17(13)25)21(27-12-26-19)28-18-4-2-3-16(23)20(18)24/h2-4,7-8,12,14H,9-11,25H2,1H3,(H,26,27,28)/t14-,22+/m0/s1. The Labute approximate surface area is 173 Å². The molecular formula is C22H19ClFN5. The van der Waals surface area contributed by atoms with E-state index < -0.39 is 5.82 Å². The highest BCUT2D eigenvalue weighted by Crippen LogP contribution is 2.56. The number of nitrogens with zero attached hydrogens (tertiary/aromatic N) is 3. The molecule has 0 amide bonds. The molecule has 1 aromatic heterocycles. The number of fused-ring (bicyclic) bond motifs is 2. The molecule has 5 rings (SSSR count). The largest absolute Gasteiger partial charge is 0.398 e. The lowest BCUT2D eigenvalue weighted by molar-refractivity contribution is 0.360. The van der Waals surface area contributed by atoms with Crippen molar-refractivity contribution in [1.29, 1.82) is 0 Å². The predicted octanol–water partition coefficient (Wildman–Crippen LogP) is 4.05. The average Bonchev–Trinajstić information content (AvgIpc) is 3.25. The summed E-state index contributed by atoms with van der Waals surface area (Å²) in [6.45, 7) is 2.13. The number of rotatable bonds is 2. The zero-order chi connectivity index (χ0) is 20.2. The minimum Gasteiger partial charge on any atom is -0.398 e. The Morgan fingerprint density at radius 2 is 2.21 bits per heavy atom. The Balaban J connectivity index is 1.50. The topological polar surface area (TPSA) is 67.1 Å². The number of nitrogens with one attached hydrogen (secondary N) is 1. The maximum Gasteiger partial charge on any atom is 0.165 e. The van der Waals surface area contributed by atoms with E-state index in [0.29, 0.717) is 28.3 Å². The van der Waals surface area contributed by atoms with Gasteiger partial charge in [-0.2, -0.15) is 0 Å². The Hall–Kier alpha value is -2.88. The molecule has 0 spiro atoms. The number of anilines is 3. The van der Waals surface area contributed by atoms with E-state index in [9.17, 15) is 4.39 Å². The van der Waals surface area contributed by atoms with Crippen LogP contribution in [0, 0.1) is 29.0 Å². The molecule has 3 N–H and O–H groups in total. The highest BCUT2D eigenvalue weighted by Gasteiger charge is 2.58. The number of nitrogen functional groups attached to an aromatic ring is 1. The molecule has 0 bridgehead atoms. The lowest BCUT2D eigenvalue weighted by Crippen LogP contribution is -2.19. The molecule has 0 unspecified atom stereocenters. The number of nitrogens with two attached hydrogens (primary N) is 1. The van der Waals surface area contributed by atoms with Crippen LogP contribution in [0.5, 0.6) is 0 Å². The lowest BCUT2D eigenvalue weighted by atomic mass is 10.0. The monoisotopic (exact) mass is 407 g/mol. The van der Waals surface area contributed by atoms with Gasteiger partial charge in [-0.3, -0.25) is 0 Å². The minimum absolute atomic E-state index is 0.0424. The van der Waals surface area contributed by atoms with Crippen LogP contribution in [0.1, 0.15) is 12.0 Å². The fraction of sp³-hybridized carbons (Fsp3) is 0.273. The average molecular weight is 408 g/mol. The van der Waals surface area contributed by atoms with Gasteiger partial charge in [-0.05, 0) is 43.7 Å². The van der Waals surface area contributed by atoms with Crippen LogP contribution in [0.2, 0.25) is 5.02 Å². The summed E-state index contributed by atoms with van der Waals surface area (Å²) in [5, 5.41) is 3.72. The van der Waals surface area contributed by atoms with E-state index in [1.54, 1.807) is 18.2 Å². The highest BCUT2D eigenvalue weighted by atomic mass is 35.5. The summed E-state index contributed by atoms with van der Waals surface area (Å²) in [4.78, 5) is 10.9. The smallest absolute Gasteiger partial charge is 0.165 e. The third-order valence-electron chi connectivity index (χ3n) is 5.77. The van der Waals surface area contributed by atoms with Crippen LogP contribution >= 0.6 is 11.6 Å². The molecule has 1 saturated carbocycles. The van der Waals surface area contributed by atoms with E-state index >= 15 is 0 Å². The van der Waals surface area contributed by atoms with Crippen molar-refractivity contribution < 1.29 is 4.39 Å². The van der Waals surface area contributed by atoms with Crippen molar-refractivity contribution in [2.24, 2.45) is 11.3 Å². The molecule has 2 aliphatic rings. The van der Waals surface area contributed by atoms with E-state index in [-0.39, 0.29) is 16.1 Å². The van der Waals surface area contributed by atoms with Crippen molar-refractivity contribution in [3.05, 3.63) is 53.1 Å². The number of hydrogen-bond acceptors (Lipinski definition) is 5. The van der Waals surface area contributed by atoms with Crippen molar-refractivity contribution in [3.8, 4) is 11.8 Å². The van der Waals surface area contributed by atoms with E-state index in [1.807, 2.05) is 6.07 Å². The SMILES string of the molecule is CN1C[C@@H]2C[C@]2(C#Cc2cc3ncnc(Nc4cccc(Cl)c4F)c3cc2N)C1. The quantitative estimate of drug-likeness (QED) is 0.495. The van der Waals surface area contributed by atoms with Crippen LogP contribution in [-0.2, 0) is 0 Å². The van der Waals surface area contributed by atoms with E-state index in [2.05, 4.69) is 39.1 Å². The van der Waals surface area contributed by atoms with Gasteiger partial charge in [0.15, 0.2) is 5.82 Å². The van der Waals surface area contributed by atoms with Crippen molar-refractivity contribution in [2.75, 3.05) is 31.2 Å². The van der Waals surface area contributed by atoms with Crippen molar-refractivity contribution in [1.82, 2.24) is 14.9 Å². The number of halogens is 2. The van der Waals surface area contributed by atoms with Crippen LogP contribution in [-0.4, -0.2) is 35.0 Å². The third-order valence-corrected chi connectivity index (χ3v) is 6.07. The second kappa shape index (κ2) is 6.58. The summed E-state index contributed by atoms with van der Waals surface area (Å²) >= 11 is 5.87. The Kier molecular flexibility index (Phi) is 4.12. The predicted molar refractivity (Wildman–Crippen MR) is 114 cm³/mol. The lowest BCUT2D eigenvalue weighted by Gasteiger charge is -2.11. The Bertz CT molecular complexity index is 1200. The van der Waals surface area contributed by atoms with Gasteiger partial charge in [0.05, 0.1) is 16.2 Å². The maximum atomic E-state index is 14.3. The maximum absolute atomic E-state index is 14.3. The molecule has 1 saturated heterocycles. The van der Waals surface area contributed by atoms with Gasteiger partial charge >= 0.3 is 0 Å². The molecule has 0 radical (unpaired) electrons. The normalized spacial score (nSPS) is 22.8. The van der Waals surface area contributed by atoms with Crippen molar-refractivity contribution in [2.45, 2.75) is 6.42 Å². The summed E-state index contributed by atoms with van der Waals surface area (Å²) < 4.78 is 14.3. The molecule has 7 heteroatoms. The molecule has 2 heterocycles. The number of hydrogen-bond donors (Lipinski definition) is 2. The first-order chi connectivity index (χ1) is 13.9. The van der Waals surface area contributed by atoms with Crippen molar-refractivity contribution in [3.63, 3.8) is 0 Å². The van der Waals surface area contributed by atoms with E-state index in [0.717, 1.165) is 18.7 Å². The molecular weight excluding hydrogens is 389 g/mol. The first kappa shape index (κ1) is 18.2. The first-order valence-corrected chi connectivity index (χ1v) is 9.80. The van der Waals surface area contributed by atoms with Gasteiger partial charge in [0.1, 0.15) is 12.1 Å². The van der Waals surface area contributed by atoms with Gasteiger partial charge in [0, 0.05) is 35.1 Å². The number of piperidine rings is 1. The summed E-state index contributed by atoms with van der Waals surface area (Å²) in [7, 11) is 2.13. The number of likely N-dealkylation sites (tertiary alicyclic amines) is 1. The molecule has 29 heavy (non-hydrogen) atoms. The molecule has 2 aromatic carbocycles. The Morgan fingerprint density at radius 1 is 1.34 bits per heavy atom. The van der Waals surface area contributed by atoms with E-state index in [1.165, 1.54) is 18.8 Å². The molecule has 2 fully saturated rings. The Morgan fingerprint density at radius 3 is 3.00 bits per heavy atom. The van der Waals surface area contributed by atoms with Gasteiger partial charge in [-0.1, -0.05) is 29.5 Å². The fourth-order valence-corrected chi connectivity index (χ4v) is 4.35. The van der Waals surface area contributed by atoms with Gasteiger partial charge < -0.3 is 16.0 Å². The highest BCUT2D eigenvalue weighted by molar-refractivity contribution is 6.31. The summed E-state index contributed by atoms with van der Waals surface area (Å²) in [5.74, 6) is 7.33.